The van der Waals surface area contributed by atoms with Gasteiger partial charge < -0.3 is 14.6 Å². The van der Waals surface area contributed by atoms with E-state index in [4.69, 9.17) is 21.1 Å². The molecule has 1 atom stereocenters. The van der Waals surface area contributed by atoms with Gasteiger partial charge in [-0.1, -0.05) is 18.5 Å². The van der Waals surface area contributed by atoms with Crippen molar-refractivity contribution in [3.63, 3.8) is 0 Å². The molecule has 0 saturated heterocycles. The fraction of sp³-hybridized carbons (Fsp3) is 0.333. The van der Waals surface area contributed by atoms with Gasteiger partial charge in [-0.25, -0.2) is 0 Å². The van der Waals surface area contributed by atoms with Gasteiger partial charge in [-0.05, 0) is 30.7 Å². The third-order valence-corrected chi connectivity index (χ3v) is 4.75. The highest BCUT2D eigenvalue weighted by Crippen LogP contribution is 2.42. The number of hydrogen-bond donors (Lipinski definition) is 1. The monoisotopic (exact) mass is 312 g/mol. The van der Waals surface area contributed by atoms with Gasteiger partial charge in [0.15, 0.2) is 0 Å². The summed E-state index contributed by atoms with van der Waals surface area (Å²) in [5, 5.41) is 10.9. The van der Waals surface area contributed by atoms with E-state index < -0.39 is 6.10 Å². The van der Waals surface area contributed by atoms with E-state index in [0.717, 1.165) is 11.3 Å². The van der Waals surface area contributed by atoms with Crippen LogP contribution in [-0.4, -0.2) is 19.3 Å². The number of aliphatic hydroxyl groups excluding tert-OH is 1. The number of rotatable bonds is 5. The maximum absolute atomic E-state index is 10.5. The summed E-state index contributed by atoms with van der Waals surface area (Å²) in [6.45, 7) is 2.09. The van der Waals surface area contributed by atoms with Crippen molar-refractivity contribution in [1.82, 2.24) is 0 Å². The highest BCUT2D eigenvalue weighted by atomic mass is 35.5. The summed E-state index contributed by atoms with van der Waals surface area (Å²) >= 11 is 7.81. The van der Waals surface area contributed by atoms with Crippen molar-refractivity contribution in [1.29, 1.82) is 0 Å². The molecule has 1 heterocycles. The molecule has 0 fully saturated rings. The molecule has 3 nitrogen and oxygen atoms in total. The van der Waals surface area contributed by atoms with Crippen molar-refractivity contribution < 1.29 is 14.6 Å². The lowest BCUT2D eigenvalue weighted by Crippen LogP contribution is -2.02. The predicted molar refractivity (Wildman–Crippen MR) is 82.3 cm³/mol. The molecule has 0 radical (unpaired) electrons. The number of hydrogen-bond acceptors (Lipinski definition) is 4. The largest absolute Gasteiger partial charge is 0.495 e. The molecule has 0 spiro atoms. The van der Waals surface area contributed by atoms with Crippen molar-refractivity contribution in [2.24, 2.45) is 0 Å². The lowest BCUT2D eigenvalue weighted by atomic mass is 10.1. The minimum Gasteiger partial charge on any atom is -0.495 e. The molecule has 0 aliphatic heterocycles. The molecule has 0 saturated carbocycles. The topological polar surface area (TPSA) is 38.7 Å². The average molecular weight is 313 g/mol. The summed E-state index contributed by atoms with van der Waals surface area (Å²) in [5.41, 5.74) is 0.641. The molecule has 0 amide bonds. The van der Waals surface area contributed by atoms with E-state index in [1.165, 1.54) is 12.0 Å². The number of benzene rings is 1. The molecule has 1 N–H and O–H groups in total. The third kappa shape index (κ3) is 2.77. The van der Waals surface area contributed by atoms with Crippen molar-refractivity contribution >= 4 is 22.9 Å². The molecule has 1 aromatic carbocycles. The van der Waals surface area contributed by atoms with Crippen LogP contribution in [0.4, 0.5) is 0 Å². The molecule has 2 aromatic rings. The molecule has 1 unspecified atom stereocenters. The van der Waals surface area contributed by atoms with Gasteiger partial charge in [0.2, 0.25) is 0 Å². The van der Waals surface area contributed by atoms with Crippen LogP contribution in [0.25, 0.3) is 0 Å². The number of aliphatic hydroxyl groups is 1. The lowest BCUT2D eigenvalue weighted by Gasteiger charge is -2.16. The summed E-state index contributed by atoms with van der Waals surface area (Å²) < 4.78 is 10.5. The summed E-state index contributed by atoms with van der Waals surface area (Å²) in [7, 11) is 3.08. The van der Waals surface area contributed by atoms with Crippen LogP contribution in [0.1, 0.15) is 28.3 Å². The van der Waals surface area contributed by atoms with Gasteiger partial charge in [-0.2, -0.15) is 0 Å². The van der Waals surface area contributed by atoms with Crippen LogP contribution >= 0.6 is 22.9 Å². The SMILES string of the molecule is CCc1ccc(C(O)c2ccc(OC)c(Cl)c2OC)s1. The van der Waals surface area contributed by atoms with E-state index in [0.29, 0.717) is 22.1 Å². The van der Waals surface area contributed by atoms with Crippen LogP contribution in [0.5, 0.6) is 11.5 Å². The smallest absolute Gasteiger partial charge is 0.147 e. The molecule has 1 aromatic heterocycles. The number of halogens is 1. The van der Waals surface area contributed by atoms with Crippen molar-refractivity contribution in [3.05, 3.63) is 44.6 Å². The maximum atomic E-state index is 10.5. The van der Waals surface area contributed by atoms with Crippen LogP contribution < -0.4 is 9.47 Å². The molecule has 0 aliphatic rings. The fourth-order valence-electron chi connectivity index (χ4n) is 2.02. The Kier molecular flexibility index (Phi) is 4.91. The first-order valence-electron chi connectivity index (χ1n) is 6.29. The van der Waals surface area contributed by atoms with E-state index in [9.17, 15) is 5.11 Å². The molecule has 108 valence electrons. The second-order valence-corrected chi connectivity index (χ2v) is 5.84. The van der Waals surface area contributed by atoms with Gasteiger partial charge in [-0.15, -0.1) is 11.3 Å². The molecular formula is C15H17ClO3S. The summed E-state index contributed by atoms with van der Waals surface area (Å²) in [6.07, 6.45) is 0.205. The zero-order valence-electron chi connectivity index (χ0n) is 11.6. The number of thiophene rings is 1. The number of ether oxygens (including phenoxy) is 2. The standard InChI is InChI=1S/C15H17ClO3S/c1-4-9-5-8-12(20-9)14(17)10-6-7-11(18-2)13(16)15(10)19-3/h5-8,14,17H,4H2,1-3H3. The van der Waals surface area contributed by atoms with E-state index in [1.54, 1.807) is 30.6 Å². The van der Waals surface area contributed by atoms with Crippen LogP contribution in [0.3, 0.4) is 0 Å². The molecule has 0 aliphatic carbocycles. The summed E-state index contributed by atoms with van der Waals surface area (Å²) in [4.78, 5) is 2.11. The number of aryl methyl sites for hydroxylation is 1. The Morgan fingerprint density at radius 1 is 1.20 bits per heavy atom. The quantitative estimate of drug-likeness (QED) is 0.904. The van der Waals surface area contributed by atoms with Crippen LogP contribution in [-0.2, 0) is 6.42 Å². The zero-order chi connectivity index (χ0) is 14.7. The maximum Gasteiger partial charge on any atom is 0.147 e. The Morgan fingerprint density at radius 2 is 1.95 bits per heavy atom. The lowest BCUT2D eigenvalue weighted by molar-refractivity contribution is 0.218. The second-order valence-electron chi connectivity index (χ2n) is 4.26. The van der Waals surface area contributed by atoms with E-state index >= 15 is 0 Å². The Balaban J connectivity index is 2.43. The first-order valence-corrected chi connectivity index (χ1v) is 7.48. The van der Waals surface area contributed by atoms with Crippen LogP contribution in [0.2, 0.25) is 5.02 Å². The van der Waals surface area contributed by atoms with Gasteiger partial charge in [0, 0.05) is 15.3 Å². The fourth-order valence-corrected chi connectivity index (χ4v) is 3.30. The molecule has 2 rings (SSSR count). The minimum atomic E-state index is -0.751. The van der Waals surface area contributed by atoms with Gasteiger partial charge in [0.25, 0.3) is 0 Å². The molecule has 20 heavy (non-hydrogen) atoms. The van der Waals surface area contributed by atoms with Gasteiger partial charge in [0.1, 0.15) is 22.6 Å². The Labute approximate surface area is 127 Å². The third-order valence-electron chi connectivity index (χ3n) is 3.11. The van der Waals surface area contributed by atoms with E-state index in [2.05, 4.69) is 6.92 Å². The van der Waals surface area contributed by atoms with Crippen molar-refractivity contribution in [2.45, 2.75) is 19.4 Å². The van der Waals surface area contributed by atoms with Crippen LogP contribution in [0.15, 0.2) is 24.3 Å². The highest BCUT2D eigenvalue weighted by molar-refractivity contribution is 7.12. The van der Waals surface area contributed by atoms with Crippen molar-refractivity contribution in [2.75, 3.05) is 14.2 Å². The van der Waals surface area contributed by atoms with Crippen molar-refractivity contribution in [3.8, 4) is 11.5 Å². The zero-order valence-corrected chi connectivity index (χ0v) is 13.2. The predicted octanol–water partition coefficient (Wildman–Crippen LogP) is 4.06. The first kappa shape index (κ1) is 15.2. The van der Waals surface area contributed by atoms with E-state index in [1.807, 2.05) is 12.1 Å². The Morgan fingerprint density at radius 3 is 2.50 bits per heavy atom. The highest BCUT2D eigenvalue weighted by Gasteiger charge is 2.21. The molecular weight excluding hydrogens is 296 g/mol. The van der Waals surface area contributed by atoms with Gasteiger partial charge >= 0.3 is 0 Å². The summed E-state index contributed by atoms with van der Waals surface area (Å²) in [5.74, 6) is 0.977. The molecule has 0 bridgehead atoms. The summed E-state index contributed by atoms with van der Waals surface area (Å²) in [6, 6.07) is 7.48. The average Bonchev–Trinajstić information content (AvgIpc) is 2.95. The Bertz CT molecular complexity index is 595. The second kappa shape index (κ2) is 6.48. The Hall–Kier alpha value is -1.23. The van der Waals surface area contributed by atoms with Gasteiger partial charge in [-0.3, -0.25) is 0 Å². The van der Waals surface area contributed by atoms with E-state index in [-0.39, 0.29) is 0 Å². The normalized spacial score (nSPS) is 12.2. The first-order chi connectivity index (χ1) is 9.62. The minimum absolute atomic E-state index is 0.374. The van der Waals surface area contributed by atoms with Gasteiger partial charge in [0.05, 0.1) is 14.2 Å². The van der Waals surface area contributed by atoms with Crippen LogP contribution in [0, 0.1) is 0 Å². The molecule has 5 heteroatoms. The number of methoxy groups -OCH3 is 2.